The Bertz CT molecular complexity index is 411. The fourth-order valence-electron chi connectivity index (χ4n) is 1.37. The first-order valence-electron chi connectivity index (χ1n) is 4.36. The molecule has 1 aromatic heterocycles. The van der Waals surface area contributed by atoms with E-state index in [2.05, 4.69) is 5.10 Å². The summed E-state index contributed by atoms with van der Waals surface area (Å²) in [5.74, 6) is -0.141. The molecule has 0 saturated carbocycles. The zero-order chi connectivity index (χ0) is 10.8. The van der Waals surface area contributed by atoms with Gasteiger partial charge in [0, 0.05) is 29.0 Å². The van der Waals surface area contributed by atoms with Gasteiger partial charge in [0.1, 0.15) is 0 Å². The zero-order valence-corrected chi connectivity index (χ0v) is 9.77. The first kappa shape index (κ1) is 11.5. The number of hydrogen-bond acceptors (Lipinski definition) is 3. The van der Waals surface area contributed by atoms with Crippen molar-refractivity contribution in [1.82, 2.24) is 9.78 Å². The van der Waals surface area contributed by atoms with E-state index in [1.807, 2.05) is 6.92 Å². The summed E-state index contributed by atoms with van der Waals surface area (Å²) < 4.78 is 23.5. The highest BCUT2D eigenvalue weighted by atomic mass is 35.7. The van der Waals surface area contributed by atoms with Gasteiger partial charge in [-0.1, -0.05) is 13.3 Å². The van der Waals surface area contributed by atoms with Gasteiger partial charge in [-0.15, -0.1) is 0 Å². The molecule has 1 aromatic rings. The van der Waals surface area contributed by atoms with Gasteiger partial charge < -0.3 is 0 Å². The smallest absolute Gasteiger partial charge is 0.236 e. The van der Waals surface area contributed by atoms with E-state index in [0.29, 0.717) is 5.56 Å². The Morgan fingerprint density at radius 2 is 2.21 bits per heavy atom. The average Bonchev–Trinajstić information content (AvgIpc) is 2.33. The standard InChI is InChI=1S/C8H13ClN2O2S/c1-3-4-8-7(5-10-11(8)2)6-14(9,12)13/h5H,3-4,6H2,1-2H3. The van der Waals surface area contributed by atoms with E-state index in [-0.39, 0.29) is 5.75 Å². The summed E-state index contributed by atoms with van der Waals surface area (Å²) in [5.41, 5.74) is 1.64. The van der Waals surface area contributed by atoms with Crippen LogP contribution in [-0.4, -0.2) is 18.2 Å². The minimum absolute atomic E-state index is 0.141. The van der Waals surface area contributed by atoms with Gasteiger partial charge in [-0.3, -0.25) is 4.68 Å². The van der Waals surface area contributed by atoms with Crippen LogP contribution in [-0.2, 0) is 28.3 Å². The monoisotopic (exact) mass is 236 g/mol. The van der Waals surface area contributed by atoms with Crippen molar-refractivity contribution in [1.29, 1.82) is 0 Å². The molecule has 0 aliphatic heterocycles. The van der Waals surface area contributed by atoms with E-state index in [9.17, 15) is 8.42 Å². The molecule has 0 amide bonds. The van der Waals surface area contributed by atoms with Gasteiger partial charge in [0.05, 0.1) is 11.9 Å². The maximum atomic E-state index is 10.9. The Morgan fingerprint density at radius 3 is 2.71 bits per heavy atom. The Balaban J connectivity index is 2.97. The lowest BCUT2D eigenvalue weighted by Gasteiger charge is -2.02. The quantitative estimate of drug-likeness (QED) is 0.744. The molecule has 0 saturated heterocycles. The van der Waals surface area contributed by atoms with Crippen molar-refractivity contribution in [3.63, 3.8) is 0 Å². The third-order valence-electron chi connectivity index (χ3n) is 1.96. The first-order chi connectivity index (χ1) is 6.44. The molecule has 1 rings (SSSR count). The van der Waals surface area contributed by atoms with E-state index in [1.165, 1.54) is 0 Å². The second-order valence-electron chi connectivity index (χ2n) is 3.17. The molecule has 80 valence electrons. The molecule has 0 bridgehead atoms. The Labute approximate surface area is 88.3 Å². The minimum Gasteiger partial charge on any atom is -0.272 e. The second-order valence-corrected chi connectivity index (χ2v) is 5.95. The molecule has 0 atom stereocenters. The van der Waals surface area contributed by atoms with Crippen LogP contribution in [0.5, 0.6) is 0 Å². The van der Waals surface area contributed by atoms with Crippen molar-refractivity contribution >= 4 is 19.7 Å². The average molecular weight is 237 g/mol. The highest BCUT2D eigenvalue weighted by Gasteiger charge is 2.14. The van der Waals surface area contributed by atoms with Crippen molar-refractivity contribution in [2.45, 2.75) is 25.5 Å². The SMILES string of the molecule is CCCc1c(CS(=O)(=O)Cl)cnn1C. The van der Waals surface area contributed by atoms with Gasteiger partial charge in [-0.25, -0.2) is 8.42 Å². The molecular formula is C8H13ClN2O2S. The molecule has 6 heteroatoms. The molecule has 1 heterocycles. The Hall–Kier alpha value is -0.550. The van der Waals surface area contributed by atoms with E-state index in [1.54, 1.807) is 17.9 Å². The van der Waals surface area contributed by atoms with Crippen molar-refractivity contribution in [3.05, 3.63) is 17.5 Å². The van der Waals surface area contributed by atoms with Crippen LogP contribution in [0.4, 0.5) is 0 Å². The first-order valence-corrected chi connectivity index (χ1v) is 6.84. The zero-order valence-electron chi connectivity index (χ0n) is 8.20. The van der Waals surface area contributed by atoms with E-state index in [0.717, 1.165) is 18.5 Å². The normalized spacial score (nSPS) is 11.9. The number of aryl methyl sites for hydroxylation is 1. The van der Waals surface area contributed by atoms with Gasteiger partial charge in [-0.2, -0.15) is 5.10 Å². The lowest BCUT2D eigenvalue weighted by Crippen LogP contribution is -2.02. The molecule has 0 unspecified atom stereocenters. The molecule has 0 aromatic carbocycles. The molecule has 0 radical (unpaired) electrons. The summed E-state index contributed by atoms with van der Waals surface area (Å²) in [6.07, 6.45) is 3.33. The van der Waals surface area contributed by atoms with Crippen LogP contribution >= 0.6 is 10.7 Å². The van der Waals surface area contributed by atoms with Crippen LogP contribution in [0, 0.1) is 0 Å². The molecule has 0 aliphatic rings. The molecular weight excluding hydrogens is 224 g/mol. The van der Waals surface area contributed by atoms with Gasteiger partial charge in [0.2, 0.25) is 9.05 Å². The Morgan fingerprint density at radius 1 is 1.57 bits per heavy atom. The maximum absolute atomic E-state index is 10.9. The summed E-state index contributed by atoms with van der Waals surface area (Å²) in [6, 6.07) is 0. The van der Waals surface area contributed by atoms with E-state index >= 15 is 0 Å². The molecule has 0 spiro atoms. The summed E-state index contributed by atoms with van der Waals surface area (Å²) in [7, 11) is 3.50. The van der Waals surface area contributed by atoms with Crippen LogP contribution in [0.3, 0.4) is 0 Å². The molecule has 0 N–H and O–H groups in total. The topological polar surface area (TPSA) is 52.0 Å². The van der Waals surface area contributed by atoms with Gasteiger partial charge >= 0.3 is 0 Å². The number of aromatic nitrogens is 2. The summed E-state index contributed by atoms with van der Waals surface area (Å²) in [4.78, 5) is 0. The summed E-state index contributed by atoms with van der Waals surface area (Å²) >= 11 is 0. The summed E-state index contributed by atoms with van der Waals surface area (Å²) in [6.45, 7) is 2.03. The minimum atomic E-state index is -3.49. The molecule has 4 nitrogen and oxygen atoms in total. The van der Waals surface area contributed by atoms with Crippen molar-refractivity contribution in [2.75, 3.05) is 0 Å². The van der Waals surface area contributed by atoms with Crippen LogP contribution in [0.15, 0.2) is 6.20 Å². The molecule has 0 aliphatic carbocycles. The van der Waals surface area contributed by atoms with E-state index in [4.69, 9.17) is 10.7 Å². The van der Waals surface area contributed by atoms with Gasteiger partial charge in [0.15, 0.2) is 0 Å². The fourth-order valence-corrected chi connectivity index (χ4v) is 2.34. The van der Waals surface area contributed by atoms with Crippen LogP contribution < -0.4 is 0 Å². The van der Waals surface area contributed by atoms with Gasteiger partial charge in [-0.05, 0) is 6.42 Å². The highest BCUT2D eigenvalue weighted by Crippen LogP contribution is 2.15. The third kappa shape index (κ3) is 2.99. The number of halogens is 1. The number of nitrogens with zero attached hydrogens (tertiary/aromatic N) is 2. The van der Waals surface area contributed by atoms with Crippen LogP contribution in [0.2, 0.25) is 0 Å². The van der Waals surface area contributed by atoms with Gasteiger partial charge in [0.25, 0.3) is 0 Å². The maximum Gasteiger partial charge on any atom is 0.236 e. The lowest BCUT2D eigenvalue weighted by molar-refractivity contribution is 0.608. The predicted molar refractivity (Wildman–Crippen MR) is 55.7 cm³/mol. The van der Waals surface area contributed by atoms with Crippen LogP contribution in [0.1, 0.15) is 24.6 Å². The van der Waals surface area contributed by atoms with Crippen molar-refractivity contribution in [2.24, 2.45) is 7.05 Å². The van der Waals surface area contributed by atoms with Crippen molar-refractivity contribution in [3.8, 4) is 0 Å². The predicted octanol–water partition coefficient (Wildman–Crippen LogP) is 1.44. The van der Waals surface area contributed by atoms with Crippen molar-refractivity contribution < 1.29 is 8.42 Å². The largest absolute Gasteiger partial charge is 0.272 e. The number of hydrogen-bond donors (Lipinski definition) is 0. The fraction of sp³-hybridized carbons (Fsp3) is 0.625. The molecule has 14 heavy (non-hydrogen) atoms. The molecule has 0 fully saturated rings. The lowest BCUT2D eigenvalue weighted by atomic mass is 10.2. The van der Waals surface area contributed by atoms with Crippen LogP contribution in [0.25, 0.3) is 0 Å². The second kappa shape index (κ2) is 4.31. The summed E-state index contributed by atoms with van der Waals surface area (Å²) in [5, 5.41) is 4.01. The van der Waals surface area contributed by atoms with E-state index < -0.39 is 9.05 Å². The Kier molecular flexibility index (Phi) is 3.55. The third-order valence-corrected chi connectivity index (χ3v) is 2.95. The number of rotatable bonds is 4. The highest BCUT2D eigenvalue weighted by molar-refractivity contribution is 8.13.